The van der Waals surface area contributed by atoms with Crippen molar-refractivity contribution in [1.82, 2.24) is 9.55 Å². The van der Waals surface area contributed by atoms with Crippen LogP contribution in [0, 0.1) is 18.3 Å². The summed E-state index contributed by atoms with van der Waals surface area (Å²) >= 11 is 1.62. The third-order valence-electron chi connectivity index (χ3n) is 2.90. The molecule has 0 atom stereocenters. The highest BCUT2D eigenvalue weighted by atomic mass is 32.1. The Morgan fingerprint density at radius 3 is 2.95 bits per heavy atom. The van der Waals surface area contributed by atoms with Crippen molar-refractivity contribution >= 4 is 11.3 Å². The monoisotopic (exact) mass is 273 g/mol. The molecule has 2 aromatic heterocycles. The van der Waals surface area contributed by atoms with Gasteiger partial charge in [0.15, 0.2) is 0 Å². The fourth-order valence-corrected chi connectivity index (χ4v) is 2.76. The van der Waals surface area contributed by atoms with E-state index in [1.807, 2.05) is 18.4 Å². The normalized spacial score (nSPS) is 10.4. The van der Waals surface area contributed by atoms with Crippen molar-refractivity contribution in [3.8, 4) is 6.07 Å². The zero-order valence-corrected chi connectivity index (χ0v) is 11.8. The molecule has 0 saturated carbocycles. The summed E-state index contributed by atoms with van der Waals surface area (Å²) < 4.78 is 1.60. The minimum atomic E-state index is -0.243. The number of aryl methyl sites for hydroxylation is 2. The molecule has 2 heterocycles. The van der Waals surface area contributed by atoms with Gasteiger partial charge < -0.3 is 4.57 Å². The van der Waals surface area contributed by atoms with Gasteiger partial charge in [-0.25, -0.2) is 4.98 Å². The highest BCUT2D eigenvalue weighted by Crippen LogP contribution is 2.13. The van der Waals surface area contributed by atoms with Crippen LogP contribution in [0.25, 0.3) is 0 Å². The lowest BCUT2D eigenvalue weighted by atomic mass is 10.2. The van der Waals surface area contributed by atoms with Crippen LogP contribution in [0.4, 0.5) is 0 Å². The summed E-state index contributed by atoms with van der Waals surface area (Å²) in [6.45, 7) is 4.41. The van der Waals surface area contributed by atoms with Gasteiger partial charge in [-0.1, -0.05) is 6.92 Å². The van der Waals surface area contributed by atoms with Crippen LogP contribution in [0.2, 0.25) is 0 Å². The van der Waals surface area contributed by atoms with E-state index < -0.39 is 0 Å². The average molecular weight is 273 g/mol. The summed E-state index contributed by atoms with van der Waals surface area (Å²) in [5.74, 6) is 0. The molecule has 0 N–H and O–H groups in total. The van der Waals surface area contributed by atoms with E-state index in [0.29, 0.717) is 6.54 Å². The first kappa shape index (κ1) is 13.5. The molecule has 0 spiro atoms. The molecule has 0 bridgehead atoms. The van der Waals surface area contributed by atoms with Gasteiger partial charge in [0.2, 0.25) is 0 Å². The lowest BCUT2D eigenvalue weighted by Crippen LogP contribution is -2.25. The maximum Gasteiger partial charge on any atom is 0.269 e. The van der Waals surface area contributed by atoms with Gasteiger partial charge in [0.1, 0.15) is 11.6 Å². The van der Waals surface area contributed by atoms with Crippen LogP contribution in [0.3, 0.4) is 0 Å². The molecule has 0 saturated heterocycles. The zero-order valence-electron chi connectivity index (χ0n) is 11.0. The Balaban J connectivity index is 2.32. The molecule has 4 nitrogen and oxygen atoms in total. The van der Waals surface area contributed by atoms with E-state index in [1.54, 1.807) is 28.0 Å². The molecule has 2 rings (SSSR count). The highest BCUT2D eigenvalue weighted by Gasteiger charge is 2.08. The van der Waals surface area contributed by atoms with Crippen molar-refractivity contribution in [2.45, 2.75) is 33.2 Å². The molecule has 5 heteroatoms. The third-order valence-corrected chi connectivity index (χ3v) is 3.85. The van der Waals surface area contributed by atoms with E-state index in [2.05, 4.69) is 11.9 Å². The van der Waals surface area contributed by atoms with Crippen LogP contribution >= 0.6 is 11.3 Å². The highest BCUT2D eigenvalue weighted by molar-refractivity contribution is 7.09. The SMILES string of the molecule is CCCc1nc(Cn2c(C)ccc(C#N)c2=O)cs1. The van der Waals surface area contributed by atoms with Crippen LogP contribution in [0.1, 0.15) is 35.3 Å². The molecule has 2 aromatic rings. The van der Waals surface area contributed by atoms with Gasteiger partial charge in [-0.2, -0.15) is 5.26 Å². The first-order valence-corrected chi connectivity index (χ1v) is 7.07. The largest absolute Gasteiger partial charge is 0.306 e. The molecule has 0 aliphatic rings. The molecule has 19 heavy (non-hydrogen) atoms. The number of thiazole rings is 1. The smallest absolute Gasteiger partial charge is 0.269 e. The van der Waals surface area contributed by atoms with Crippen LogP contribution in [-0.2, 0) is 13.0 Å². The summed E-state index contributed by atoms with van der Waals surface area (Å²) in [7, 11) is 0. The second-order valence-electron chi connectivity index (χ2n) is 4.37. The van der Waals surface area contributed by atoms with Gasteiger partial charge >= 0.3 is 0 Å². The number of hydrogen-bond donors (Lipinski definition) is 0. The minimum absolute atomic E-state index is 0.176. The lowest BCUT2D eigenvalue weighted by Gasteiger charge is -2.08. The van der Waals surface area contributed by atoms with Crippen molar-refractivity contribution in [1.29, 1.82) is 5.26 Å². The van der Waals surface area contributed by atoms with Gasteiger partial charge in [0.25, 0.3) is 5.56 Å². The van der Waals surface area contributed by atoms with Gasteiger partial charge in [0.05, 0.1) is 17.2 Å². The van der Waals surface area contributed by atoms with E-state index >= 15 is 0 Å². The van der Waals surface area contributed by atoms with E-state index in [-0.39, 0.29) is 11.1 Å². The third kappa shape index (κ3) is 2.91. The molecule has 0 aliphatic heterocycles. The lowest BCUT2D eigenvalue weighted by molar-refractivity contribution is 0.710. The Labute approximate surface area is 116 Å². The van der Waals surface area contributed by atoms with Crippen LogP contribution in [0.5, 0.6) is 0 Å². The van der Waals surface area contributed by atoms with Gasteiger partial charge in [-0.05, 0) is 31.9 Å². The predicted molar refractivity (Wildman–Crippen MR) is 75.4 cm³/mol. The summed E-state index contributed by atoms with van der Waals surface area (Å²) in [4.78, 5) is 16.6. The maximum absolute atomic E-state index is 12.1. The Morgan fingerprint density at radius 1 is 1.47 bits per heavy atom. The maximum atomic E-state index is 12.1. The summed E-state index contributed by atoms with van der Waals surface area (Å²) in [6.07, 6.45) is 2.03. The number of nitriles is 1. The predicted octanol–water partition coefficient (Wildman–Crippen LogP) is 2.49. The Bertz CT molecular complexity index is 679. The topological polar surface area (TPSA) is 58.7 Å². The molecule has 98 valence electrons. The van der Waals surface area contributed by atoms with Crippen LogP contribution in [-0.4, -0.2) is 9.55 Å². The quantitative estimate of drug-likeness (QED) is 0.860. The van der Waals surface area contributed by atoms with Gasteiger partial charge in [-0.15, -0.1) is 11.3 Å². The van der Waals surface area contributed by atoms with Crippen LogP contribution in [0.15, 0.2) is 22.3 Å². The van der Waals surface area contributed by atoms with Gasteiger partial charge in [-0.3, -0.25) is 4.79 Å². The first-order chi connectivity index (χ1) is 9.15. The van der Waals surface area contributed by atoms with E-state index in [4.69, 9.17) is 5.26 Å². The molecule has 0 unspecified atom stereocenters. The summed E-state index contributed by atoms with van der Waals surface area (Å²) in [5, 5.41) is 12.0. The standard InChI is InChI=1S/C14H15N3OS/c1-3-4-13-16-12(9-19-13)8-17-10(2)5-6-11(7-15)14(17)18/h5-6,9H,3-4,8H2,1-2H3. The Hall–Kier alpha value is -1.93. The summed E-state index contributed by atoms with van der Waals surface area (Å²) in [6, 6.07) is 5.28. The van der Waals surface area contributed by atoms with Crippen molar-refractivity contribution in [3.05, 3.63) is 49.8 Å². The number of pyridine rings is 1. The minimum Gasteiger partial charge on any atom is -0.306 e. The fourth-order valence-electron chi connectivity index (χ4n) is 1.86. The fraction of sp³-hybridized carbons (Fsp3) is 0.357. The molecule has 0 amide bonds. The van der Waals surface area contributed by atoms with E-state index in [9.17, 15) is 4.79 Å². The van der Waals surface area contributed by atoms with Crippen molar-refractivity contribution < 1.29 is 0 Å². The molecule has 0 aliphatic carbocycles. The first-order valence-electron chi connectivity index (χ1n) is 6.19. The van der Waals surface area contributed by atoms with Gasteiger partial charge in [0, 0.05) is 11.1 Å². The second kappa shape index (κ2) is 5.81. The van der Waals surface area contributed by atoms with E-state index in [0.717, 1.165) is 29.2 Å². The zero-order chi connectivity index (χ0) is 13.8. The molecular weight excluding hydrogens is 258 g/mol. The summed E-state index contributed by atoms with van der Waals surface area (Å²) in [5.41, 5.74) is 1.66. The Morgan fingerprint density at radius 2 is 2.26 bits per heavy atom. The Kier molecular flexibility index (Phi) is 4.13. The molecule has 0 aromatic carbocycles. The number of nitrogens with zero attached hydrogens (tertiary/aromatic N) is 3. The van der Waals surface area contributed by atoms with Crippen LogP contribution < -0.4 is 5.56 Å². The molecule has 0 radical (unpaired) electrons. The number of hydrogen-bond acceptors (Lipinski definition) is 4. The molecule has 0 fully saturated rings. The molecular formula is C14H15N3OS. The number of aromatic nitrogens is 2. The van der Waals surface area contributed by atoms with E-state index in [1.165, 1.54) is 0 Å². The van der Waals surface area contributed by atoms with Crippen molar-refractivity contribution in [3.63, 3.8) is 0 Å². The number of rotatable bonds is 4. The average Bonchev–Trinajstić information content (AvgIpc) is 2.83. The van der Waals surface area contributed by atoms with Crippen molar-refractivity contribution in [2.75, 3.05) is 0 Å². The van der Waals surface area contributed by atoms with Crippen molar-refractivity contribution in [2.24, 2.45) is 0 Å². The second-order valence-corrected chi connectivity index (χ2v) is 5.32.